The molecule has 0 aliphatic rings. The number of hydrogen-bond donors (Lipinski definition) is 1. The van der Waals surface area contributed by atoms with E-state index in [1.54, 1.807) is 12.5 Å². The molecule has 3 aromatic heterocycles. The van der Waals surface area contributed by atoms with Crippen molar-refractivity contribution < 1.29 is 13.6 Å². The summed E-state index contributed by atoms with van der Waals surface area (Å²) in [6.07, 6.45) is 4.22. The normalized spacial score (nSPS) is 11.0. The lowest BCUT2D eigenvalue weighted by Crippen LogP contribution is -2.14. The van der Waals surface area contributed by atoms with Crippen LogP contribution in [0.3, 0.4) is 0 Å². The predicted molar refractivity (Wildman–Crippen MR) is 115 cm³/mol. The summed E-state index contributed by atoms with van der Waals surface area (Å²) in [6, 6.07) is 13.5. The van der Waals surface area contributed by atoms with E-state index in [9.17, 15) is 4.79 Å². The van der Waals surface area contributed by atoms with Crippen molar-refractivity contribution >= 4 is 23.4 Å². The monoisotopic (exact) mass is 422 g/mol. The van der Waals surface area contributed by atoms with Gasteiger partial charge in [0.2, 0.25) is 5.91 Å². The van der Waals surface area contributed by atoms with Crippen molar-refractivity contribution in [2.75, 3.05) is 11.1 Å². The Bertz CT molecular complexity index is 1110. The summed E-state index contributed by atoms with van der Waals surface area (Å²) >= 11 is 1.33. The number of anilines is 1. The van der Waals surface area contributed by atoms with E-state index in [2.05, 4.69) is 22.4 Å². The van der Waals surface area contributed by atoms with Crippen molar-refractivity contribution in [3.8, 4) is 11.4 Å². The van der Waals surface area contributed by atoms with Crippen LogP contribution in [0.2, 0.25) is 0 Å². The standard InChI is InChI=1S/C22H22N4O3S/c1-3-16-6-8-17(9-7-16)23-20(27)14-30-22-25-24-21(19-10-12-28-15(19)2)26(22)13-18-5-4-11-29-18/h4-12H,3,13-14H2,1-2H3,(H,23,27). The molecule has 154 valence electrons. The molecule has 0 atom stereocenters. The third-order valence-corrected chi connectivity index (χ3v) is 5.66. The number of furan rings is 2. The van der Waals surface area contributed by atoms with E-state index in [1.165, 1.54) is 17.3 Å². The largest absolute Gasteiger partial charge is 0.469 e. The highest BCUT2D eigenvalue weighted by Gasteiger charge is 2.19. The van der Waals surface area contributed by atoms with Gasteiger partial charge >= 0.3 is 0 Å². The van der Waals surface area contributed by atoms with Gasteiger partial charge in [0.15, 0.2) is 11.0 Å². The van der Waals surface area contributed by atoms with Gasteiger partial charge in [-0.1, -0.05) is 30.8 Å². The van der Waals surface area contributed by atoms with Gasteiger partial charge in [-0.05, 0) is 49.2 Å². The van der Waals surface area contributed by atoms with Crippen molar-refractivity contribution in [3.05, 3.63) is 72.1 Å². The molecule has 0 saturated heterocycles. The van der Waals surface area contributed by atoms with Gasteiger partial charge in [0.05, 0.1) is 30.4 Å². The van der Waals surface area contributed by atoms with Gasteiger partial charge in [-0.2, -0.15) is 0 Å². The molecule has 8 heteroatoms. The number of thioether (sulfide) groups is 1. The summed E-state index contributed by atoms with van der Waals surface area (Å²) in [4.78, 5) is 12.4. The number of rotatable bonds is 8. The second-order valence-electron chi connectivity index (χ2n) is 6.75. The zero-order valence-electron chi connectivity index (χ0n) is 16.8. The molecule has 1 N–H and O–H groups in total. The Kier molecular flexibility index (Phi) is 6.04. The van der Waals surface area contributed by atoms with E-state index in [0.717, 1.165) is 29.2 Å². The molecule has 7 nitrogen and oxygen atoms in total. The maximum absolute atomic E-state index is 12.4. The van der Waals surface area contributed by atoms with Crippen molar-refractivity contribution in [2.24, 2.45) is 0 Å². The highest BCUT2D eigenvalue weighted by atomic mass is 32.2. The molecule has 0 saturated carbocycles. The molecule has 4 aromatic rings. The van der Waals surface area contributed by atoms with Crippen LogP contribution < -0.4 is 5.32 Å². The fourth-order valence-electron chi connectivity index (χ4n) is 3.06. The fourth-order valence-corrected chi connectivity index (χ4v) is 3.80. The maximum atomic E-state index is 12.4. The van der Waals surface area contributed by atoms with Crippen LogP contribution in [-0.4, -0.2) is 26.4 Å². The van der Waals surface area contributed by atoms with E-state index in [0.29, 0.717) is 17.5 Å². The molecule has 30 heavy (non-hydrogen) atoms. The van der Waals surface area contributed by atoms with Gasteiger partial charge in [-0.15, -0.1) is 10.2 Å². The highest BCUT2D eigenvalue weighted by Crippen LogP contribution is 2.28. The Hall–Kier alpha value is -3.26. The average Bonchev–Trinajstić information content (AvgIpc) is 3.49. The molecule has 0 aliphatic heterocycles. The number of nitrogens with one attached hydrogen (secondary N) is 1. The molecule has 0 fully saturated rings. The van der Waals surface area contributed by atoms with Crippen LogP contribution in [0.25, 0.3) is 11.4 Å². The van der Waals surface area contributed by atoms with Gasteiger partial charge in [-0.25, -0.2) is 0 Å². The minimum atomic E-state index is -0.0992. The maximum Gasteiger partial charge on any atom is 0.234 e. The van der Waals surface area contributed by atoms with Crippen LogP contribution in [-0.2, 0) is 17.8 Å². The third kappa shape index (κ3) is 4.49. The van der Waals surface area contributed by atoms with Gasteiger partial charge in [0.25, 0.3) is 0 Å². The zero-order chi connectivity index (χ0) is 20.9. The smallest absolute Gasteiger partial charge is 0.234 e. The molecule has 0 unspecified atom stereocenters. The summed E-state index contributed by atoms with van der Waals surface area (Å²) < 4.78 is 12.9. The van der Waals surface area contributed by atoms with Crippen LogP contribution >= 0.6 is 11.8 Å². The minimum absolute atomic E-state index is 0.0992. The topological polar surface area (TPSA) is 86.1 Å². The van der Waals surface area contributed by atoms with Crippen LogP contribution in [0, 0.1) is 6.92 Å². The lowest BCUT2D eigenvalue weighted by atomic mass is 10.1. The summed E-state index contributed by atoms with van der Waals surface area (Å²) in [5, 5.41) is 12.2. The van der Waals surface area contributed by atoms with E-state index >= 15 is 0 Å². The Labute approximate surface area is 178 Å². The first-order chi connectivity index (χ1) is 14.6. The lowest BCUT2D eigenvalue weighted by molar-refractivity contribution is -0.113. The average molecular weight is 423 g/mol. The molecule has 0 aliphatic carbocycles. The van der Waals surface area contributed by atoms with Gasteiger partial charge in [0.1, 0.15) is 11.5 Å². The number of aromatic nitrogens is 3. The van der Waals surface area contributed by atoms with Gasteiger partial charge in [-0.3, -0.25) is 9.36 Å². The molecule has 3 heterocycles. The number of carbonyl (C=O) groups excluding carboxylic acids is 1. The second kappa shape index (κ2) is 9.04. The van der Waals surface area contributed by atoms with Gasteiger partial charge < -0.3 is 14.2 Å². The Morgan fingerprint density at radius 1 is 1.10 bits per heavy atom. The Morgan fingerprint density at radius 2 is 1.93 bits per heavy atom. The van der Waals surface area contributed by atoms with E-state index in [1.807, 2.05) is 54.0 Å². The van der Waals surface area contributed by atoms with Crippen LogP contribution in [0.1, 0.15) is 24.0 Å². The predicted octanol–water partition coefficient (Wildman–Crippen LogP) is 4.78. The third-order valence-electron chi connectivity index (χ3n) is 4.69. The van der Waals surface area contributed by atoms with E-state index < -0.39 is 0 Å². The molecular weight excluding hydrogens is 400 g/mol. The van der Waals surface area contributed by atoms with Crippen molar-refractivity contribution in [1.82, 2.24) is 14.8 Å². The highest BCUT2D eigenvalue weighted by molar-refractivity contribution is 7.99. The first-order valence-corrected chi connectivity index (χ1v) is 10.6. The number of carbonyl (C=O) groups is 1. The number of aryl methyl sites for hydroxylation is 2. The van der Waals surface area contributed by atoms with Crippen LogP contribution in [0.5, 0.6) is 0 Å². The fraction of sp³-hybridized carbons (Fsp3) is 0.227. The molecule has 0 bridgehead atoms. The summed E-state index contributed by atoms with van der Waals surface area (Å²) in [6.45, 7) is 4.44. The molecule has 1 amide bonds. The molecule has 4 rings (SSSR count). The molecule has 1 aromatic carbocycles. The zero-order valence-corrected chi connectivity index (χ0v) is 17.6. The van der Waals surface area contributed by atoms with Crippen molar-refractivity contribution in [1.29, 1.82) is 0 Å². The second-order valence-corrected chi connectivity index (χ2v) is 7.69. The Balaban J connectivity index is 1.49. The number of hydrogen-bond acceptors (Lipinski definition) is 6. The van der Waals surface area contributed by atoms with Crippen molar-refractivity contribution in [3.63, 3.8) is 0 Å². The quantitative estimate of drug-likeness (QED) is 0.411. The van der Waals surface area contributed by atoms with E-state index in [-0.39, 0.29) is 11.7 Å². The summed E-state index contributed by atoms with van der Waals surface area (Å²) in [7, 11) is 0. The summed E-state index contributed by atoms with van der Waals surface area (Å²) in [5.74, 6) is 2.33. The Morgan fingerprint density at radius 3 is 2.60 bits per heavy atom. The van der Waals surface area contributed by atoms with E-state index in [4.69, 9.17) is 8.83 Å². The number of benzene rings is 1. The van der Waals surface area contributed by atoms with Crippen LogP contribution in [0.4, 0.5) is 5.69 Å². The van der Waals surface area contributed by atoms with Crippen LogP contribution in [0.15, 0.2) is 69.0 Å². The van der Waals surface area contributed by atoms with Crippen molar-refractivity contribution in [2.45, 2.75) is 32.0 Å². The lowest BCUT2D eigenvalue weighted by Gasteiger charge is -2.09. The number of nitrogens with zero attached hydrogens (tertiary/aromatic N) is 3. The van der Waals surface area contributed by atoms with Gasteiger partial charge in [0, 0.05) is 5.69 Å². The SMILES string of the molecule is CCc1ccc(NC(=O)CSc2nnc(-c3ccoc3C)n2Cc2ccco2)cc1. The first kappa shape index (κ1) is 20.0. The molecular formula is C22H22N4O3S. The number of amides is 1. The minimum Gasteiger partial charge on any atom is -0.469 e. The molecule has 0 radical (unpaired) electrons. The molecule has 0 spiro atoms. The summed E-state index contributed by atoms with van der Waals surface area (Å²) in [5.41, 5.74) is 2.88. The first-order valence-electron chi connectivity index (χ1n) is 9.65.